The first kappa shape index (κ1) is 15.7. The monoisotopic (exact) mass is 276 g/mol. The number of rotatable bonds is 6. The lowest BCUT2D eigenvalue weighted by Crippen LogP contribution is -2.34. The minimum absolute atomic E-state index is 0.0933. The normalized spacial score (nSPS) is 11.9. The van der Waals surface area contributed by atoms with Crippen LogP contribution in [-0.4, -0.2) is 40.7 Å². The average Bonchev–Trinajstić information content (AvgIpc) is 2.25. The van der Waals surface area contributed by atoms with Crippen LogP contribution in [0.2, 0.25) is 0 Å². The van der Waals surface area contributed by atoms with E-state index >= 15 is 0 Å². The summed E-state index contributed by atoms with van der Waals surface area (Å²) in [4.78, 5) is 9.65. The molecule has 0 bridgehead atoms. The number of nitrogens with zero attached hydrogens (tertiary/aromatic N) is 3. The summed E-state index contributed by atoms with van der Waals surface area (Å²) in [5.74, 6) is 1.05. The third kappa shape index (κ3) is 5.87. The SMILES string of the molecule is CCNc1cc(C)nc(CN(CC)CC(F)(F)F)n1. The summed E-state index contributed by atoms with van der Waals surface area (Å²) < 4.78 is 37.1. The van der Waals surface area contributed by atoms with Crippen LogP contribution >= 0.6 is 0 Å². The summed E-state index contributed by atoms with van der Waals surface area (Å²) in [6.07, 6.45) is -4.20. The molecule has 0 spiro atoms. The molecule has 0 atom stereocenters. The second-order valence-corrected chi connectivity index (χ2v) is 4.26. The van der Waals surface area contributed by atoms with Gasteiger partial charge in [-0.15, -0.1) is 0 Å². The molecule has 1 N–H and O–H groups in total. The van der Waals surface area contributed by atoms with Gasteiger partial charge in [-0.2, -0.15) is 13.2 Å². The Morgan fingerprint density at radius 3 is 2.47 bits per heavy atom. The van der Waals surface area contributed by atoms with Gasteiger partial charge >= 0.3 is 6.18 Å². The molecule has 0 aromatic carbocycles. The van der Waals surface area contributed by atoms with E-state index in [1.807, 2.05) is 6.92 Å². The molecule has 0 saturated carbocycles. The molecule has 0 saturated heterocycles. The summed E-state index contributed by atoms with van der Waals surface area (Å²) in [7, 11) is 0. The average molecular weight is 276 g/mol. The largest absolute Gasteiger partial charge is 0.401 e. The molecule has 0 radical (unpaired) electrons. The molecule has 19 heavy (non-hydrogen) atoms. The summed E-state index contributed by atoms with van der Waals surface area (Å²) in [6, 6.07) is 1.77. The summed E-state index contributed by atoms with van der Waals surface area (Å²) in [5.41, 5.74) is 0.740. The molecule has 0 fully saturated rings. The van der Waals surface area contributed by atoms with Crippen LogP contribution in [0.1, 0.15) is 25.4 Å². The summed E-state index contributed by atoms with van der Waals surface area (Å²) in [6.45, 7) is 5.56. The quantitative estimate of drug-likeness (QED) is 0.867. The maximum Gasteiger partial charge on any atom is 0.401 e. The lowest BCUT2D eigenvalue weighted by Gasteiger charge is -2.21. The van der Waals surface area contributed by atoms with Crippen molar-refractivity contribution in [3.8, 4) is 0 Å². The molecule has 0 aliphatic carbocycles. The molecule has 1 aromatic rings. The fourth-order valence-corrected chi connectivity index (χ4v) is 1.71. The van der Waals surface area contributed by atoms with E-state index in [0.717, 1.165) is 5.69 Å². The number of hydrogen-bond acceptors (Lipinski definition) is 4. The van der Waals surface area contributed by atoms with Crippen LogP contribution in [-0.2, 0) is 6.54 Å². The molecule has 1 aromatic heterocycles. The molecule has 1 rings (SSSR count). The van der Waals surface area contributed by atoms with Gasteiger partial charge < -0.3 is 5.32 Å². The molecule has 4 nitrogen and oxygen atoms in total. The maximum atomic E-state index is 12.4. The zero-order valence-electron chi connectivity index (χ0n) is 11.4. The third-order valence-electron chi connectivity index (χ3n) is 2.47. The van der Waals surface area contributed by atoms with E-state index in [1.165, 1.54) is 4.90 Å². The highest BCUT2D eigenvalue weighted by Crippen LogP contribution is 2.17. The van der Waals surface area contributed by atoms with Crippen LogP contribution in [0.25, 0.3) is 0 Å². The number of alkyl halides is 3. The molecule has 108 valence electrons. The molecular formula is C12H19F3N4. The second kappa shape index (κ2) is 6.70. The van der Waals surface area contributed by atoms with Crippen LogP contribution in [0.4, 0.5) is 19.0 Å². The van der Waals surface area contributed by atoms with E-state index in [4.69, 9.17) is 0 Å². The van der Waals surface area contributed by atoms with Crippen molar-refractivity contribution >= 4 is 5.82 Å². The van der Waals surface area contributed by atoms with Gasteiger partial charge in [0.15, 0.2) is 0 Å². The molecule has 0 amide bonds. The predicted molar refractivity (Wildman–Crippen MR) is 67.9 cm³/mol. The van der Waals surface area contributed by atoms with Crippen LogP contribution in [0.5, 0.6) is 0 Å². The Labute approximate surface area is 111 Å². The van der Waals surface area contributed by atoms with Gasteiger partial charge in [0, 0.05) is 18.3 Å². The van der Waals surface area contributed by atoms with Gasteiger partial charge in [0.25, 0.3) is 0 Å². The fourth-order valence-electron chi connectivity index (χ4n) is 1.71. The maximum absolute atomic E-state index is 12.4. The van der Waals surface area contributed by atoms with Crippen molar-refractivity contribution in [1.82, 2.24) is 14.9 Å². The first-order chi connectivity index (χ1) is 8.84. The Bertz CT molecular complexity index is 406. The zero-order chi connectivity index (χ0) is 14.5. The molecule has 0 aliphatic rings. The van der Waals surface area contributed by atoms with E-state index in [2.05, 4.69) is 15.3 Å². The smallest absolute Gasteiger partial charge is 0.370 e. The van der Waals surface area contributed by atoms with Crippen molar-refractivity contribution in [2.45, 2.75) is 33.5 Å². The number of halogens is 3. The number of aryl methyl sites for hydroxylation is 1. The summed E-state index contributed by atoms with van der Waals surface area (Å²) in [5, 5.41) is 3.04. The third-order valence-corrected chi connectivity index (χ3v) is 2.47. The van der Waals surface area contributed by atoms with Crippen LogP contribution < -0.4 is 5.32 Å². The molecule has 0 aliphatic heterocycles. The van der Waals surface area contributed by atoms with Gasteiger partial charge in [0.1, 0.15) is 11.6 Å². The van der Waals surface area contributed by atoms with Crippen LogP contribution in [0.3, 0.4) is 0 Å². The van der Waals surface area contributed by atoms with Crippen LogP contribution in [0.15, 0.2) is 6.07 Å². The number of hydrogen-bond donors (Lipinski definition) is 1. The number of nitrogens with one attached hydrogen (secondary N) is 1. The highest BCUT2D eigenvalue weighted by Gasteiger charge is 2.30. The van der Waals surface area contributed by atoms with Gasteiger partial charge in [0.05, 0.1) is 13.1 Å². The van der Waals surface area contributed by atoms with Gasteiger partial charge in [-0.1, -0.05) is 6.92 Å². The number of anilines is 1. The van der Waals surface area contributed by atoms with E-state index in [0.29, 0.717) is 24.7 Å². The minimum atomic E-state index is -4.20. The van der Waals surface area contributed by atoms with Gasteiger partial charge in [-0.05, 0) is 20.4 Å². The van der Waals surface area contributed by atoms with Crippen molar-refractivity contribution in [1.29, 1.82) is 0 Å². The topological polar surface area (TPSA) is 41.1 Å². The fraction of sp³-hybridized carbons (Fsp3) is 0.667. The number of aromatic nitrogens is 2. The lowest BCUT2D eigenvalue weighted by atomic mass is 10.3. The molecular weight excluding hydrogens is 257 g/mol. The Morgan fingerprint density at radius 2 is 1.95 bits per heavy atom. The Morgan fingerprint density at radius 1 is 1.26 bits per heavy atom. The minimum Gasteiger partial charge on any atom is -0.370 e. The molecule has 1 heterocycles. The van der Waals surface area contributed by atoms with E-state index in [9.17, 15) is 13.2 Å². The van der Waals surface area contributed by atoms with Crippen LogP contribution in [0, 0.1) is 6.92 Å². The Hall–Kier alpha value is -1.37. The van der Waals surface area contributed by atoms with E-state index in [-0.39, 0.29) is 6.54 Å². The molecule has 0 unspecified atom stereocenters. The highest BCUT2D eigenvalue weighted by atomic mass is 19.4. The van der Waals surface area contributed by atoms with Crippen molar-refractivity contribution in [2.75, 3.05) is 25.0 Å². The zero-order valence-corrected chi connectivity index (χ0v) is 11.4. The van der Waals surface area contributed by atoms with Gasteiger partial charge in [-0.3, -0.25) is 4.90 Å². The van der Waals surface area contributed by atoms with Crippen molar-refractivity contribution in [2.24, 2.45) is 0 Å². The van der Waals surface area contributed by atoms with E-state index < -0.39 is 12.7 Å². The predicted octanol–water partition coefficient (Wildman–Crippen LogP) is 2.60. The van der Waals surface area contributed by atoms with E-state index in [1.54, 1.807) is 19.9 Å². The Balaban J connectivity index is 2.79. The van der Waals surface area contributed by atoms with Crippen molar-refractivity contribution in [3.63, 3.8) is 0 Å². The molecule has 7 heteroatoms. The van der Waals surface area contributed by atoms with Gasteiger partial charge in [-0.25, -0.2) is 9.97 Å². The lowest BCUT2D eigenvalue weighted by molar-refractivity contribution is -0.146. The van der Waals surface area contributed by atoms with Crippen molar-refractivity contribution in [3.05, 3.63) is 17.6 Å². The highest BCUT2D eigenvalue weighted by molar-refractivity contribution is 5.35. The summed E-state index contributed by atoms with van der Waals surface area (Å²) >= 11 is 0. The van der Waals surface area contributed by atoms with Crippen molar-refractivity contribution < 1.29 is 13.2 Å². The Kier molecular flexibility index (Phi) is 5.53. The second-order valence-electron chi connectivity index (χ2n) is 4.26. The first-order valence-corrected chi connectivity index (χ1v) is 6.21. The standard InChI is InChI=1S/C12H19F3N4/c1-4-16-10-6-9(3)17-11(18-10)7-19(5-2)8-12(13,14)15/h6H,4-5,7-8H2,1-3H3,(H,16,17,18). The van der Waals surface area contributed by atoms with Gasteiger partial charge in [0.2, 0.25) is 0 Å². The first-order valence-electron chi connectivity index (χ1n) is 6.21.